The molecule has 0 spiro atoms. The summed E-state index contributed by atoms with van der Waals surface area (Å²) in [7, 11) is 0. The lowest BCUT2D eigenvalue weighted by atomic mass is 9.91. The third-order valence-electron chi connectivity index (χ3n) is 2.87. The highest BCUT2D eigenvalue weighted by Gasteiger charge is 2.15. The van der Waals surface area contributed by atoms with Crippen molar-refractivity contribution in [1.82, 2.24) is 0 Å². The van der Waals surface area contributed by atoms with E-state index in [0.29, 0.717) is 12.0 Å². The lowest BCUT2D eigenvalue weighted by Gasteiger charge is -2.16. The summed E-state index contributed by atoms with van der Waals surface area (Å²) in [6.07, 6.45) is 1.29. The normalized spacial score (nSPS) is 12.5. The van der Waals surface area contributed by atoms with E-state index in [1.807, 2.05) is 13.8 Å². The van der Waals surface area contributed by atoms with Crippen LogP contribution in [-0.2, 0) is 4.79 Å². The van der Waals surface area contributed by atoms with Crippen LogP contribution in [0.3, 0.4) is 0 Å². The van der Waals surface area contributed by atoms with E-state index in [1.54, 1.807) is 6.92 Å². The lowest BCUT2D eigenvalue weighted by molar-refractivity contribution is -0.108. The van der Waals surface area contributed by atoms with E-state index in [-0.39, 0.29) is 17.4 Å². The summed E-state index contributed by atoms with van der Waals surface area (Å²) in [5, 5.41) is 19.0. The quantitative estimate of drug-likeness (QED) is 0.592. The zero-order valence-electron chi connectivity index (χ0n) is 9.24. The Morgan fingerprint density at radius 3 is 2.47 bits per heavy atom. The number of phenols is 2. The highest BCUT2D eigenvalue weighted by atomic mass is 16.3. The molecule has 0 saturated heterocycles. The molecule has 1 aromatic carbocycles. The van der Waals surface area contributed by atoms with Crippen LogP contribution in [0.5, 0.6) is 11.5 Å². The fourth-order valence-corrected chi connectivity index (χ4v) is 1.69. The minimum absolute atomic E-state index is 0.0627. The van der Waals surface area contributed by atoms with Crippen LogP contribution in [0.4, 0.5) is 0 Å². The maximum atomic E-state index is 10.4. The van der Waals surface area contributed by atoms with Gasteiger partial charge in [0.2, 0.25) is 0 Å². The number of hydrogen-bond donors (Lipinski definition) is 2. The van der Waals surface area contributed by atoms with Gasteiger partial charge in [0.05, 0.1) is 0 Å². The van der Waals surface area contributed by atoms with Crippen LogP contribution < -0.4 is 0 Å². The molecule has 0 aliphatic carbocycles. The Morgan fingerprint density at radius 2 is 1.93 bits per heavy atom. The largest absolute Gasteiger partial charge is 0.504 e. The van der Waals surface area contributed by atoms with E-state index < -0.39 is 0 Å². The van der Waals surface area contributed by atoms with Gasteiger partial charge in [0, 0.05) is 6.42 Å². The zero-order chi connectivity index (χ0) is 11.6. The Hall–Kier alpha value is -1.51. The van der Waals surface area contributed by atoms with Gasteiger partial charge in [0.1, 0.15) is 6.29 Å². The molecule has 1 rings (SSSR count). The minimum Gasteiger partial charge on any atom is -0.504 e. The standard InChI is InChI=1S/C12H16O3/c1-7(4-5-13)10-6-11(14)12(15)9(3)8(10)2/h5-7,14-15H,4H2,1-3H3. The number of rotatable bonds is 3. The van der Waals surface area contributed by atoms with E-state index in [9.17, 15) is 15.0 Å². The van der Waals surface area contributed by atoms with Crippen molar-refractivity contribution in [3.8, 4) is 11.5 Å². The van der Waals surface area contributed by atoms with E-state index in [4.69, 9.17) is 0 Å². The Bertz CT molecular complexity index is 383. The van der Waals surface area contributed by atoms with Crippen molar-refractivity contribution in [3.63, 3.8) is 0 Å². The number of phenolic OH excluding ortho intramolecular Hbond substituents is 2. The Balaban J connectivity index is 3.25. The zero-order valence-corrected chi connectivity index (χ0v) is 9.24. The smallest absolute Gasteiger partial charge is 0.160 e. The van der Waals surface area contributed by atoms with Crippen LogP contribution in [-0.4, -0.2) is 16.5 Å². The first-order valence-electron chi connectivity index (χ1n) is 4.94. The van der Waals surface area contributed by atoms with Gasteiger partial charge in [-0.3, -0.25) is 0 Å². The molecule has 0 fully saturated rings. The number of carbonyl (C=O) groups is 1. The molecule has 82 valence electrons. The fraction of sp³-hybridized carbons (Fsp3) is 0.417. The van der Waals surface area contributed by atoms with Gasteiger partial charge in [-0.05, 0) is 42.5 Å². The van der Waals surface area contributed by atoms with Gasteiger partial charge in [-0.15, -0.1) is 0 Å². The molecule has 1 aromatic rings. The third-order valence-corrected chi connectivity index (χ3v) is 2.87. The summed E-state index contributed by atoms with van der Waals surface area (Å²) in [5.41, 5.74) is 2.51. The maximum absolute atomic E-state index is 10.4. The van der Waals surface area contributed by atoms with Crippen molar-refractivity contribution >= 4 is 6.29 Å². The molecule has 3 heteroatoms. The number of aromatic hydroxyl groups is 2. The summed E-state index contributed by atoms with van der Waals surface area (Å²) in [6.45, 7) is 5.55. The molecule has 0 saturated carbocycles. The molecule has 0 aromatic heterocycles. The second-order valence-corrected chi connectivity index (χ2v) is 3.89. The van der Waals surface area contributed by atoms with Crippen LogP contribution in [0.2, 0.25) is 0 Å². The molecule has 1 atom stereocenters. The molecular weight excluding hydrogens is 192 g/mol. The van der Waals surface area contributed by atoms with E-state index in [1.165, 1.54) is 6.07 Å². The van der Waals surface area contributed by atoms with Crippen molar-refractivity contribution < 1.29 is 15.0 Å². The predicted octanol–water partition coefficient (Wildman–Crippen LogP) is 2.41. The molecule has 3 nitrogen and oxygen atoms in total. The van der Waals surface area contributed by atoms with Crippen molar-refractivity contribution in [2.24, 2.45) is 0 Å². The predicted molar refractivity (Wildman–Crippen MR) is 58.3 cm³/mol. The number of benzene rings is 1. The summed E-state index contributed by atoms with van der Waals surface area (Å²) in [5.74, 6) is -0.131. The molecule has 2 N–H and O–H groups in total. The molecule has 15 heavy (non-hydrogen) atoms. The number of aldehydes is 1. The first-order valence-corrected chi connectivity index (χ1v) is 4.94. The third kappa shape index (κ3) is 2.12. The monoisotopic (exact) mass is 208 g/mol. The van der Waals surface area contributed by atoms with Crippen LogP contribution in [0.25, 0.3) is 0 Å². The maximum Gasteiger partial charge on any atom is 0.160 e. The van der Waals surface area contributed by atoms with Crippen LogP contribution >= 0.6 is 0 Å². The molecular formula is C12H16O3. The van der Waals surface area contributed by atoms with Crippen LogP contribution in [0.1, 0.15) is 36.0 Å². The summed E-state index contributed by atoms with van der Waals surface area (Å²) >= 11 is 0. The Kier molecular flexibility index (Phi) is 3.35. The highest BCUT2D eigenvalue weighted by Crippen LogP contribution is 2.36. The Morgan fingerprint density at radius 1 is 1.33 bits per heavy atom. The molecule has 0 amide bonds. The lowest BCUT2D eigenvalue weighted by Crippen LogP contribution is -1.99. The summed E-state index contributed by atoms with van der Waals surface area (Å²) < 4.78 is 0. The van der Waals surface area contributed by atoms with Gasteiger partial charge in [0.25, 0.3) is 0 Å². The molecule has 1 unspecified atom stereocenters. The van der Waals surface area contributed by atoms with Crippen molar-refractivity contribution in [3.05, 3.63) is 22.8 Å². The molecule has 0 radical (unpaired) electrons. The van der Waals surface area contributed by atoms with E-state index in [0.717, 1.165) is 17.4 Å². The van der Waals surface area contributed by atoms with E-state index in [2.05, 4.69) is 0 Å². The van der Waals surface area contributed by atoms with Gasteiger partial charge < -0.3 is 15.0 Å². The van der Waals surface area contributed by atoms with Crippen molar-refractivity contribution in [1.29, 1.82) is 0 Å². The Labute approximate surface area is 89.4 Å². The fourth-order valence-electron chi connectivity index (χ4n) is 1.69. The van der Waals surface area contributed by atoms with Gasteiger partial charge in [-0.25, -0.2) is 0 Å². The molecule has 0 heterocycles. The van der Waals surface area contributed by atoms with Gasteiger partial charge in [0.15, 0.2) is 11.5 Å². The number of hydrogen-bond acceptors (Lipinski definition) is 3. The van der Waals surface area contributed by atoms with Crippen molar-refractivity contribution in [2.45, 2.75) is 33.1 Å². The topological polar surface area (TPSA) is 57.5 Å². The second-order valence-electron chi connectivity index (χ2n) is 3.89. The highest BCUT2D eigenvalue weighted by molar-refractivity contribution is 5.56. The van der Waals surface area contributed by atoms with Gasteiger partial charge in [-0.1, -0.05) is 6.92 Å². The molecule has 0 aliphatic rings. The molecule has 0 aliphatic heterocycles. The average Bonchev–Trinajstić information content (AvgIpc) is 2.20. The van der Waals surface area contributed by atoms with Crippen LogP contribution in [0.15, 0.2) is 6.07 Å². The summed E-state index contributed by atoms with van der Waals surface area (Å²) in [6, 6.07) is 1.53. The average molecular weight is 208 g/mol. The second kappa shape index (κ2) is 4.34. The first kappa shape index (κ1) is 11.6. The number of carbonyl (C=O) groups excluding carboxylic acids is 1. The van der Waals surface area contributed by atoms with Crippen LogP contribution in [0, 0.1) is 13.8 Å². The minimum atomic E-state index is -0.120. The first-order chi connectivity index (χ1) is 6.99. The van der Waals surface area contributed by atoms with Gasteiger partial charge in [-0.2, -0.15) is 0 Å². The van der Waals surface area contributed by atoms with E-state index >= 15 is 0 Å². The molecule has 0 bridgehead atoms. The van der Waals surface area contributed by atoms with Gasteiger partial charge >= 0.3 is 0 Å². The SMILES string of the molecule is Cc1c(C(C)CC=O)cc(O)c(O)c1C. The summed E-state index contributed by atoms with van der Waals surface area (Å²) in [4.78, 5) is 10.4. The van der Waals surface area contributed by atoms with Crippen molar-refractivity contribution in [2.75, 3.05) is 0 Å².